The lowest BCUT2D eigenvalue weighted by Gasteiger charge is -2.36. The Kier molecular flexibility index (Phi) is 7.38. The molecule has 0 unspecified atom stereocenters. The third-order valence-corrected chi connectivity index (χ3v) is 6.97. The molecule has 31 heavy (non-hydrogen) atoms. The fourth-order valence-electron chi connectivity index (χ4n) is 3.87. The molecule has 1 heterocycles. The summed E-state index contributed by atoms with van der Waals surface area (Å²) in [5, 5.41) is 0. The van der Waals surface area contributed by atoms with Gasteiger partial charge in [-0.1, -0.05) is 56.3 Å². The minimum Gasteiger partial charge on any atom is -0.339 e. The number of hydrogen-bond donors (Lipinski definition) is 0. The van der Waals surface area contributed by atoms with Crippen LogP contribution in [-0.4, -0.2) is 63.1 Å². The number of carbonyl (C=O) groups is 1. The SMILES string of the molecule is Cc1ccccc1N(CC(=O)N1CCN(Cc2ccc(C(C)C)cc2)CC1)S(C)(=O)=O. The number of rotatable bonds is 7. The van der Waals surface area contributed by atoms with Crippen molar-refractivity contribution in [2.75, 3.05) is 43.3 Å². The summed E-state index contributed by atoms with van der Waals surface area (Å²) in [6.07, 6.45) is 1.15. The Labute approximate surface area is 186 Å². The molecule has 7 heteroatoms. The van der Waals surface area contributed by atoms with E-state index in [1.165, 1.54) is 15.4 Å². The molecule has 0 spiro atoms. The standard InChI is InChI=1S/C24H33N3O3S/c1-19(2)22-11-9-21(10-12-22)17-25-13-15-26(16-14-25)24(28)18-27(31(4,29)30)23-8-6-5-7-20(23)3/h5-12,19H,13-18H2,1-4H3. The van der Waals surface area contributed by atoms with Crippen molar-refractivity contribution in [2.24, 2.45) is 0 Å². The van der Waals surface area contributed by atoms with Gasteiger partial charge in [-0.2, -0.15) is 0 Å². The van der Waals surface area contributed by atoms with Crippen LogP contribution in [0.1, 0.15) is 36.5 Å². The highest BCUT2D eigenvalue weighted by molar-refractivity contribution is 7.92. The molecule has 0 bridgehead atoms. The Morgan fingerprint density at radius 3 is 2.16 bits per heavy atom. The number of amides is 1. The van der Waals surface area contributed by atoms with Crippen LogP contribution in [0.3, 0.4) is 0 Å². The molecule has 0 aromatic heterocycles. The Morgan fingerprint density at radius 2 is 1.61 bits per heavy atom. The van der Waals surface area contributed by atoms with Gasteiger partial charge >= 0.3 is 0 Å². The van der Waals surface area contributed by atoms with Gasteiger partial charge in [0.15, 0.2) is 0 Å². The lowest BCUT2D eigenvalue weighted by atomic mass is 10.0. The second-order valence-corrected chi connectivity index (χ2v) is 10.5. The van der Waals surface area contributed by atoms with Gasteiger partial charge in [0.25, 0.3) is 0 Å². The van der Waals surface area contributed by atoms with E-state index in [1.54, 1.807) is 17.0 Å². The van der Waals surface area contributed by atoms with Crippen LogP contribution in [0.5, 0.6) is 0 Å². The van der Waals surface area contributed by atoms with Gasteiger partial charge in [-0.3, -0.25) is 14.0 Å². The van der Waals surface area contributed by atoms with E-state index in [0.717, 1.165) is 31.5 Å². The first-order valence-corrected chi connectivity index (χ1v) is 12.6. The van der Waals surface area contributed by atoms with Gasteiger partial charge in [-0.15, -0.1) is 0 Å². The van der Waals surface area contributed by atoms with E-state index in [4.69, 9.17) is 0 Å². The zero-order valence-electron chi connectivity index (χ0n) is 18.9. The van der Waals surface area contributed by atoms with Crippen LogP contribution in [0.25, 0.3) is 0 Å². The number of nitrogens with zero attached hydrogens (tertiary/aromatic N) is 3. The average molecular weight is 444 g/mol. The molecule has 1 aliphatic rings. The second-order valence-electron chi connectivity index (χ2n) is 8.61. The van der Waals surface area contributed by atoms with Gasteiger partial charge in [0, 0.05) is 32.7 Å². The summed E-state index contributed by atoms with van der Waals surface area (Å²) in [6.45, 7) is 9.69. The quantitative estimate of drug-likeness (QED) is 0.659. The maximum absolute atomic E-state index is 12.9. The van der Waals surface area contributed by atoms with Gasteiger partial charge in [0.1, 0.15) is 6.54 Å². The van der Waals surface area contributed by atoms with Crippen molar-refractivity contribution in [3.8, 4) is 0 Å². The summed E-state index contributed by atoms with van der Waals surface area (Å²) in [5.74, 6) is 0.365. The topological polar surface area (TPSA) is 60.9 Å². The fraction of sp³-hybridized carbons (Fsp3) is 0.458. The van der Waals surface area contributed by atoms with Crippen molar-refractivity contribution in [1.82, 2.24) is 9.80 Å². The zero-order chi connectivity index (χ0) is 22.6. The predicted octanol–water partition coefficient (Wildman–Crippen LogP) is 3.23. The Balaban J connectivity index is 1.58. The normalized spacial score (nSPS) is 15.3. The number of aryl methyl sites for hydroxylation is 1. The van der Waals surface area contributed by atoms with E-state index in [-0.39, 0.29) is 12.5 Å². The second kappa shape index (κ2) is 9.83. The van der Waals surface area contributed by atoms with Crippen LogP contribution in [0.15, 0.2) is 48.5 Å². The van der Waals surface area contributed by atoms with E-state index in [1.807, 2.05) is 19.1 Å². The third-order valence-electron chi connectivity index (χ3n) is 5.84. The summed E-state index contributed by atoms with van der Waals surface area (Å²) in [5.41, 5.74) is 3.99. The molecule has 3 rings (SSSR count). The van der Waals surface area contributed by atoms with Gasteiger partial charge in [0.2, 0.25) is 15.9 Å². The van der Waals surface area contributed by atoms with Crippen LogP contribution in [0.4, 0.5) is 5.69 Å². The number of piperazine rings is 1. The molecule has 2 aromatic carbocycles. The Bertz CT molecular complexity index is 995. The lowest BCUT2D eigenvalue weighted by Crippen LogP contribution is -2.51. The van der Waals surface area contributed by atoms with Crippen LogP contribution < -0.4 is 4.31 Å². The largest absolute Gasteiger partial charge is 0.339 e. The molecule has 1 amide bonds. The van der Waals surface area contributed by atoms with Crippen molar-refractivity contribution in [2.45, 2.75) is 33.2 Å². The number of hydrogen-bond acceptors (Lipinski definition) is 4. The van der Waals surface area contributed by atoms with E-state index >= 15 is 0 Å². The van der Waals surface area contributed by atoms with Crippen molar-refractivity contribution >= 4 is 21.6 Å². The first kappa shape index (κ1) is 23.3. The van der Waals surface area contributed by atoms with Gasteiger partial charge in [-0.05, 0) is 35.6 Å². The van der Waals surface area contributed by atoms with Gasteiger partial charge < -0.3 is 4.90 Å². The highest BCUT2D eigenvalue weighted by Crippen LogP contribution is 2.22. The molecule has 0 N–H and O–H groups in total. The van der Waals surface area contributed by atoms with E-state index in [2.05, 4.69) is 43.0 Å². The number of sulfonamides is 1. The summed E-state index contributed by atoms with van der Waals surface area (Å²) in [4.78, 5) is 17.0. The summed E-state index contributed by atoms with van der Waals surface area (Å²) >= 11 is 0. The molecule has 168 valence electrons. The predicted molar refractivity (Wildman–Crippen MR) is 126 cm³/mol. The van der Waals surface area contributed by atoms with Crippen molar-refractivity contribution in [3.05, 3.63) is 65.2 Å². The fourth-order valence-corrected chi connectivity index (χ4v) is 4.78. The summed E-state index contributed by atoms with van der Waals surface area (Å²) < 4.78 is 26.0. The third kappa shape index (κ3) is 6.08. The minimum atomic E-state index is -3.56. The molecule has 0 radical (unpaired) electrons. The van der Waals surface area contributed by atoms with Crippen LogP contribution >= 0.6 is 0 Å². The highest BCUT2D eigenvalue weighted by atomic mass is 32.2. The first-order valence-electron chi connectivity index (χ1n) is 10.8. The number of carbonyl (C=O) groups excluding carboxylic acids is 1. The molecule has 0 aliphatic carbocycles. The molecule has 1 saturated heterocycles. The zero-order valence-corrected chi connectivity index (χ0v) is 19.7. The van der Waals surface area contributed by atoms with E-state index in [9.17, 15) is 13.2 Å². The smallest absolute Gasteiger partial charge is 0.243 e. The van der Waals surface area contributed by atoms with Crippen molar-refractivity contribution in [1.29, 1.82) is 0 Å². The van der Waals surface area contributed by atoms with Gasteiger partial charge in [-0.25, -0.2) is 8.42 Å². The lowest BCUT2D eigenvalue weighted by molar-refractivity contribution is -0.131. The molecule has 1 fully saturated rings. The Morgan fingerprint density at radius 1 is 1.00 bits per heavy atom. The van der Waals surface area contributed by atoms with E-state index in [0.29, 0.717) is 24.7 Å². The van der Waals surface area contributed by atoms with Crippen LogP contribution in [0.2, 0.25) is 0 Å². The van der Waals surface area contributed by atoms with Crippen molar-refractivity contribution < 1.29 is 13.2 Å². The van der Waals surface area contributed by atoms with Crippen LogP contribution in [0, 0.1) is 6.92 Å². The maximum Gasteiger partial charge on any atom is 0.243 e. The van der Waals surface area contributed by atoms with Crippen LogP contribution in [-0.2, 0) is 21.4 Å². The molecule has 6 nitrogen and oxygen atoms in total. The minimum absolute atomic E-state index is 0.158. The molecule has 2 aromatic rings. The molecule has 0 saturated carbocycles. The maximum atomic E-state index is 12.9. The average Bonchev–Trinajstić information content (AvgIpc) is 2.72. The molecular weight excluding hydrogens is 410 g/mol. The monoisotopic (exact) mass is 443 g/mol. The van der Waals surface area contributed by atoms with Crippen molar-refractivity contribution in [3.63, 3.8) is 0 Å². The number of benzene rings is 2. The molecule has 0 atom stereocenters. The Hall–Kier alpha value is -2.38. The summed E-state index contributed by atoms with van der Waals surface area (Å²) in [6, 6.07) is 16.0. The highest BCUT2D eigenvalue weighted by Gasteiger charge is 2.27. The van der Waals surface area contributed by atoms with E-state index < -0.39 is 10.0 Å². The molecule has 1 aliphatic heterocycles. The number of anilines is 1. The van der Waals surface area contributed by atoms with Gasteiger partial charge in [0.05, 0.1) is 11.9 Å². The molecular formula is C24H33N3O3S. The number of para-hydroxylation sites is 1. The first-order chi connectivity index (χ1) is 14.6. The summed E-state index contributed by atoms with van der Waals surface area (Å²) in [7, 11) is -3.56.